The monoisotopic (exact) mass is 366 g/mol. The van der Waals surface area contributed by atoms with Gasteiger partial charge >= 0.3 is 0 Å². The summed E-state index contributed by atoms with van der Waals surface area (Å²) >= 11 is 0. The molecule has 1 aromatic carbocycles. The van der Waals surface area contributed by atoms with Gasteiger partial charge in [0.25, 0.3) is 0 Å². The van der Waals surface area contributed by atoms with Crippen molar-refractivity contribution in [1.29, 1.82) is 0 Å². The van der Waals surface area contributed by atoms with Crippen molar-refractivity contribution in [3.05, 3.63) is 29.8 Å². The molecule has 0 unspecified atom stereocenters. The van der Waals surface area contributed by atoms with Crippen molar-refractivity contribution in [3.8, 4) is 0 Å². The molecule has 2 amide bonds. The maximum absolute atomic E-state index is 12.1. The minimum absolute atomic E-state index is 0.0478. The molecule has 25 heavy (non-hydrogen) atoms. The van der Waals surface area contributed by atoms with Crippen LogP contribution in [0.2, 0.25) is 0 Å². The molecule has 2 rings (SSSR count). The molecule has 138 valence electrons. The molecule has 0 aliphatic heterocycles. The average molecular weight is 366 g/mol. The first-order valence-corrected chi connectivity index (χ1v) is 10.5. The van der Waals surface area contributed by atoms with Gasteiger partial charge in [0.05, 0.1) is 0 Å². The molecule has 1 aliphatic rings. The molecule has 1 fully saturated rings. The van der Waals surface area contributed by atoms with Crippen LogP contribution in [0.15, 0.2) is 24.3 Å². The Morgan fingerprint density at radius 3 is 2.12 bits per heavy atom. The summed E-state index contributed by atoms with van der Waals surface area (Å²) in [7, 11) is -3.79. The normalized spacial score (nSPS) is 16.0. The Hall–Kier alpha value is -1.89. The van der Waals surface area contributed by atoms with Gasteiger partial charge in [-0.25, -0.2) is 8.42 Å². The highest BCUT2D eigenvalue weighted by molar-refractivity contribution is 7.92. The standard InChI is InChI=1S/C18H26N2O4S/c1-14-8-10-16(11-9-14)20-18(22)13-25(23,24)12-17(21)19-15-6-4-2-3-5-7-15/h8-11,15H,2-7,12-13H2,1H3,(H,19,21)(H,20,22). The van der Waals surface area contributed by atoms with Crippen LogP contribution >= 0.6 is 0 Å². The highest BCUT2D eigenvalue weighted by Crippen LogP contribution is 2.17. The zero-order valence-electron chi connectivity index (χ0n) is 14.6. The number of sulfone groups is 1. The second-order valence-electron chi connectivity index (χ2n) is 6.70. The summed E-state index contributed by atoms with van der Waals surface area (Å²) in [5, 5.41) is 5.33. The van der Waals surface area contributed by atoms with E-state index < -0.39 is 33.2 Å². The lowest BCUT2D eigenvalue weighted by Gasteiger charge is -2.16. The van der Waals surface area contributed by atoms with Crippen molar-refractivity contribution >= 4 is 27.3 Å². The molecule has 7 heteroatoms. The molecule has 0 atom stereocenters. The fraction of sp³-hybridized carbons (Fsp3) is 0.556. The molecule has 0 spiro atoms. The lowest BCUT2D eigenvalue weighted by atomic mass is 10.1. The molecule has 0 bridgehead atoms. The van der Waals surface area contributed by atoms with Crippen LogP contribution < -0.4 is 10.6 Å². The maximum atomic E-state index is 12.1. The number of carbonyl (C=O) groups is 2. The van der Waals surface area contributed by atoms with Crippen LogP contribution in [0.4, 0.5) is 5.69 Å². The molecule has 0 heterocycles. The van der Waals surface area contributed by atoms with Gasteiger partial charge < -0.3 is 10.6 Å². The van der Waals surface area contributed by atoms with E-state index in [2.05, 4.69) is 10.6 Å². The Kier molecular flexibility index (Phi) is 6.99. The number of carbonyl (C=O) groups excluding carboxylic acids is 2. The fourth-order valence-corrected chi connectivity index (χ4v) is 4.03. The largest absolute Gasteiger partial charge is 0.352 e. The van der Waals surface area contributed by atoms with Gasteiger partial charge in [-0.05, 0) is 31.9 Å². The zero-order chi connectivity index (χ0) is 18.3. The predicted molar refractivity (Wildman–Crippen MR) is 98.1 cm³/mol. The second kappa shape index (κ2) is 8.99. The molecule has 1 saturated carbocycles. The van der Waals surface area contributed by atoms with E-state index >= 15 is 0 Å². The topological polar surface area (TPSA) is 92.3 Å². The minimum Gasteiger partial charge on any atom is -0.352 e. The van der Waals surface area contributed by atoms with Crippen LogP contribution in [0.5, 0.6) is 0 Å². The summed E-state index contributed by atoms with van der Waals surface area (Å²) in [6, 6.07) is 7.11. The second-order valence-corrected chi connectivity index (χ2v) is 8.77. The van der Waals surface area contributed by atoms with Crippen LogP contribution in [-0.2, 0) is 19.4 Å². The number of hydrogen-bond acceptors (Lipinski definition) is 4. The van der Waals surface area contributed by atoms with Crippen LogP contribution in [0.1, 0.15) is 44.1 Å². The summed E-state index contributed by atoms with van der Waals surface area (Å²) in [6.07, 6.45) is 6.19. The highest BCUT2D eigenvalue weighted by Gasteiger charge is 2.23. The number of hydrogen-bond donors (Lipinski definition) is 2. The Morgan fingerprint density at radius 2 is 1.52 bits per heavy atom. The van der Waals surface area contributed by atoms with E-state index in [1.807, 2.05) is 19.1 Å². The molecule has 0 saturated heterocycles. The smallest absolute Gasteiger partial charge is 0.239 e. The van der Waals surface area contributed by atoms with E-state index in [0.29, 0.717) is 5.69 Å². The molecular weight excluding hydrogens is 340 g/mol. The van der Waals surface area contributed by atoms with E-state index in [4.69, 9.17) is 0 Å². The summed E-state index contributed by atoms with van der Waals surface area (Å²) in [5.74, 6) is -2.50. The van der Waals surface area contributed by atoms with Gasteiger partial charge in [0.15, 0.2) is 9.84 Å². The van der Waals surface area contributed by atoms with Crippen LogP contribution in [0, 0.1) is 6.92 Å². The van der Waals surface area contributed by atoms with Gasteiger partial charge in [0.1, 0.15) is 11.5 Å². The number of benzene rings is 1. The van der Waals surface area contributed by atoms with E-state index in [1.54, 1.807) is 12.1 Å². The van der Waals surface area contributed by atoms with E-state index in [-0.39, 0.29) is 6.04 Å². The van der Waals surface area contributed by atoms with E-state index in [1.165, 1.54) is 0 Å². The summed E-state index contributed by atoms with van der Waals surface area (Å²) in [4.78, 5) is 23.9. The molecule has 2 N–H and O–H groups in total. The SMILES string of the molecule is Cc1ccc(NC(=O)CS(=O)(=O)CC(=O)NC2CCCCCC2)cc1. The number of anilines is 1. The first-order valence-electron chi connectivity index (χ1n) is 8.70. The maximum Gasteiger partial charge on any atom is 0.239 e. The molecule has 1 aliphatic carbocycles. The molecule has 1 aromatic rings. The molecule has 0 aromatic heterocycles. The van der Waals surface area contributed by atoms with E-state index in [9.17, 15) is 18.0 Å². The van der Waals surface area contributed by atoms with Gasteiger partial charge in [-0.1, -0.05) is 43.4 Å². The summed E-state index contributed by atoms with van der Waals surface area (Å²) in [6.45, 7) is 1.92. The van der Waals surface area contributed by atoms with Crippen LogP contribution in [0.3, 0.4) is 0 Å². The van der Waals surface area contributed by atoms with Gasteiger partial charge in [-0.2, -0.15) is 0 Å². The van der Waals surface area contributed by atoms with Crippen molar-refractivity contribution in [2.24, 2.45) is 0 Å². The van der Waals surface area contributed by atoms with Gasteiger partial charge in [-0.3, -0.25) is 9.59 Å². The van der Waals surface area contributed by atoms with Crippen molar-refractivity contribution in [2.45, 2.75) is 51.5 Å². The first kappa shape index (κ1) is 19.4. The number of amides is 2. The summed E-state index contributed by atoms with van der Waals surface area (Å²) < 4.78 is 24.2. The lowest BCUT2D eigenvalue weighted by Crippen LogP contribution is -2.39. The fourth-order valence-electron chi connectivity index (χ4n) is 2.98. The predicted octanol–water partition coefficient (Wildman–Crippen LogP) is 2.19. The highest BCUT2D eigenvalue weighted by atomic mass is 32.2. The number of nitrogens with one attached hydrogen (secondary N) is 2. The third kappa shape index (κ3) is 7.25. The van der Waals surface area contributed by atoms with Crippen molar-refractivity contribution in [1.82, 2.24) is 5.32 Å². The van der Waals surface area contributed by atoms with Crippen molar-refractivity contribution in [3.63, 3.8) is 0 Å². The van der Waals surface area contributed by atoms with Crippen molar-refractivity contribution < 1.29 is 18.0 Å². The number of rotatable bonds is 6. The zero-order valence-corrected chi connectivity index (χ0v) is 15.4. The van der Waals surface area contributed by atoms with Gasteiger partial charge in [0.2, 0.25) is 11.8 Å². The average Bonchev–Trinajstić information content (AvgIpc) is 2.76. The lowest BCUT2D eigenvalue weighted by molar-refractivity contribution is -0.119. The Labute approximate surface area is 149 Å². The number of aryl methyl sites for hydroxylation is 1. The van der Waals surface area contributed by atoms with Gasteiger partial charge in [-0.15, -0.1) is 0 Å². The Bertz CT molecular complexity index is 690. The van der Waals surface area contributed by atoms with Gasteiger partial charge in [0, 0.05) is 11.7 Å². The van der Waals surface area contributed by atoms with Crippen LogP contribution in [0.25, 0.3) is 0 Å². The Morgan fingerprint density at radius 1 is 0.960 bits per heavy atom. The first-order chi connectivity index (χ1) is 11.8. The third-order valence-corrected chi connectivity index (χ3v) is 5.66. The molecule has 0 radical (unpaired) electrons. The third-order valence-electron chi connectivity index (χ3n) is 4.26. The van der Waals surface area contributed by atoms with Crippen molar-refractivity contribution in [2.75, 3.05) is 16.8 Å². The van der Waals surface area contributed by atoms with Crippen LogP contribution in [-0.4, -0.2) is 37.8 Å². The van der Waals surface area contributed by atoms with E-state index in [0.717, 1.165) is 44.1 Å². The quantitative estimate of drug-likeness (QED) is 0.755. The molecule has 6 nitrogen and oxygen atoms in total. The minimum atomic E-state index is -3.79. The molecular formula is C18H26N2O4S. The summed E-state index contributed by atoms with van der Waals surface area (Å²) in [5.41, 5.74) is 1.58. The Balaban J connectivity index is 1.82.